The number of rotatable bonds is 7. The Hall–Kier alpha value is -0.410. The molecule has 0 saturated heterocycles. The summed E-state index contributed by atoms with van der Waals surface area (Å²) in [5.74, 6) is -0.186. The van der Waals surface area contributed by atoms with Crippen molar-refractivity contribution >= 4 is 15.9 Å². The zero-order valence-corrected chi connectivity index (χ0v) is 12.2. The smallest absolute Gasteiger partial charge is 0.124 e. The van der Waals surface area contributed by atoms with E-state index in [2.05, 4.69) is 35.1 Å². The van der Waals surface area contributed by atoms with Crippen molar-refractivity contribution in [1.82, 2.24) is 5.32 Å². The standard InChI is InChI=1S/C14H21BrFN/c1-3-5-6-13(17-4-2)9-11-7-8-12(16)10-14(11)15/h7-8,10,13,17H,3-6,9H2,1-2H3. The van der Waals surface area contributed by atoms with Crippen molar-refractivity contribution in [2.24, 2.45) is 0 Å². The van der Waals surface area contributed by atoms with Gasteiger partial charge in [-0.05, 0) is 37.1 Å². The lowest BCUT2D eigenvalue weighted by atomic mass is 10.0. The lowest BCUT2D eigenvalue weighted by Crippen LogP contribution is -2.31. The van der Waals surface area contributed by atoms with Crippen molar-refractivity contribution in [3.63, 3.8) is 0 Å². The van der Waals surface area contributed by atoms with E-state index >= 15 is 0 Å². The number of unbranched alkanes of at least 4 members (excludes halogenated alkanes) is 1. The molecule has 1 rings (SSSR count). The average molecular weight is 302 g/mol. The Morgan fingerprint density at radius 3 is 2.71 bits per heavy atom. The third-order valence-electron chi connectivity index (χ3n) is 2.88. The predicted octanol–water partition coefficient (Wildman–Crippen LogP) is 4.30. The van der Waals surface area contributed by atoms with Crippen LogP contribution in [0.4, 0.5) is 4.39 Å². The van der Waals surface area contributed by atoms with Crippen LogP contribution in [-0.4, -0.2) is 12.6 Å². The van der Waals surface area contributed by atoms with Crippen molar-refractivity contribution in [2.45, 2.75) is 45.6 Å². The Bertz CT molecular complexity index is 341. The fourth-order valence-corrected chi connectivity index (χ4v) is 2.48. The monoisotopic (exact) mass is 301 g/mol. The van der Waals surface area contributed by atoms with Gasteiger partial charge in [-0.25, -0.2) is 4.39 Å². The SMILES string of the molecule is CCCCC(Cc1ccc(F)cc1Br)NCC. The van der Waals surface area contributed by atoms with Crippen molar-refractivity contribution < 1.29 is 4.39 Å². The quantitative estimate of drug-likeness (QED) is 0.792. The molecule has 0 aliphatic heterocycles. The summed E-state index contributed by atoms with van der Waals surface area (Å²) in [5.41, 5.74) is 1.17. The zero-order chi connectivity index (χ0) is 12.7. The van der Waals surface area contributed by atoms with Crippen LogP contribution in [0.1, 0.15) is 38.7 Å². The first-order chi connectivity index (χ1) is 8.17. The first-order valence-corrected chi connectivity index (χ1v) is 7.14. The molecule has 0 aliphatic carbocycles. The van der Waals surface area contributed by atoms with E-state index in [-0.39, 0.29) is 5.82 Å². The molecule has 1 atom stereocenters. The molecule has 0 heterocycles. The van der Waals surface area contributed by atoms with Gasteiger partial charge in [0.05, 0.1) is 0 Å². The minimum atomic E-state index is -0.186. The molecule has 1 unspecified atom stereocenters. The minimum Gasteiger partial charge on any atom is -0.314 e. The van der Waals surface area contributed by atoms with Gasteiger partial charge in [-0.1, -0.05) is 48.7 Å². The van der Waals surface area contributed by atoms with Crippen LogP contribution in [0.5, 0.6) is 0 Å². The zero-order valence-electron chi connectivity index (χ0n) is 10.6. The maximum atomic E-state index is 13.0. The number of nitrogens with one attached hydrogen (secondary N) is 1. The lowest BCUT2D eigenvalue weighted by molar-refractivity contribution is 0.472. The van der Waals surface area contributed by atoms with Gasteiger partial charge in [-0.2, -0.15) is 0 Å². The van der Waals surface area contributed by atoms with E-state index < -0.39 is 0 Å². The van der Waals surface area contributed by atoms with E-state index in [4.69, 9.17) is 0 Å². The van der Waals surface area contributed by atoms with Crippen molar-refractivity contribution in [2.75, 3.05) is 6.54 Å². The fraction of sp³-hybridized carbons (Fsp3) is 0.571. The minimum absolute atomic E-state index is 0.186. The summed E-state index contributed by atoms with van der Waals surface area (Å²) in [7, 11) is 0. The molecule has 0 spiro atoms. The number of benzene rings is 1. The first-order valence-electron chi connectivity index (χ1n) is 6.34. The molecule has 1 aromatic carbocycles. The van der Waals surface area contributed by atoms with Gasteiger partial charge in [0.1, 0.15) is 5.82 Å². The molecule has 0 saturated carbocycles. The molecule has 0 bridgehead atoms. The maximum absolute atomic E-state index is 13.0. The van der Waals surface area contributed by atoms with Crippen LogP contribution < -0.4 is 5.32 Å². The molecule has 0 aliphatic rings. The molecule has 96 valence electrons. The predicted molar refractivity (Wildman–Crippen MR) is 74.8 cm³/mol. The van der Waals surface area contributed by atoms with Gasteiger partial charge in [0.15, 0.2) is 0 Å². The summed E-state index contributed by atoms with van der Waals surface area (Å²) in [6.07, 6.45) is 4.58. The Morgan fingerprint density at radius 1 is 1.35 bits per heavy atom. The van der Waals surface area contributed by atoms with E-state index in [1.54, 1.807) is 0 Å². The van der Waals surface area contributed by atoms with Crippen molar-refractivity contribution in [3.05, 3.63) is 34.1 Å². The largest absolute Gasteiger partial charge is 0.314 e. The van der Waals surface area contributed by atoms with Gasteiger partial charge < -0.3 is 5.32 Å². The topological polar surface area (TPSA) is 12.0 Å². The maximum Gasteiger partial charge on any atom is 0.124 e. The second-order valence-electron chi connectivity index (χ2n) is 4.34. The normalized spacial score (nSPS) is 12.7. The van der Waals surface area contributed by atoms with Crippen LogP contribution in [0.3, 0.4) is 0 Å². The first kappa shape index (κ1) is 14.7. The van der Waals surface area contributed by atoms with Crippen LogP contribution in [0.2, 0.25) is 0 Å². The Labute approximate surface area is 112 Å². The third kappa shape index (κ3) is 5.17. The average Bonchev–Trinajstić information content (AvgIpc) is 2.29. The van der Waals surface area contributed by atoms with E-state index in [0.717, 1.165) is 17.4 Å². The van der Waals surface area contributed by atoms with Gasteiger partial charge >= 0.3 is 0 Å². The van der Waals surface area contributed by atoms with Gasteiger partial charge in [-0.3, -0.25) is 0 Å². The van der Waals surface area contributed by atoms with Crippen LogP contribution in [0.15, 0.2) is 22.7 Å². The number of hydrogen-bond donors (Lipinski definition) is 1. The molecule has 0 amide bonds. The summed E-state index contributed by atoms with van der Waals surface area (Å²) in [4.78, 5) is 0. The highest BCUT2D eigenvalue weighted by Gasteiger charge is 2.10. The Morgan fingerprint density at radius 2 is 2.12 bits per heavy atom. The van der Waals surface area contributed by atoms with Gasteiger partial charge in [-0.15, -0.1) is 0 Å². The molecule has 0 radical (unpaired) electrons. The summed E-state index contributed by atoms with van der Waals surface area (Å²) >= 11 is 3.43. The van der Waals surface area contributed by atoms with Crippen LogP contribution >= 0.6 is 15.9 Å². The Balaban J connectivity index is 2.64. The summed E-state index contributed by atoms with van der Waals surface area (Å²) in [6.45, 7) is 5.31. The van der Waals surface area contributed by atoms with Crippen LogP contribution in [0.25, 0.3) is 0 Å². The molecule has 0 aromatic heterocycles. The summed E-state index contributed by atoms with van der Waals surface area (Å²) in [5, 5.41) is 3.49. The van der Waals surface area contributed by atoms with Crippen molar-refractivity contribution in [1.29, 1.82) is 0 Å². The third-order valence-corrected chi connectivity index (χ3v) is 3.62. The molecule has 3 heteroatoms. The number of likely N-dealkylation sites (N-methyl/N-ethyl adjacent to an activating group) is 1. The molecular weight excluding hydrogens is 281 g/mol. The molecule has 1 nitrogen and oxygen atoms in total. The van der Waals surface area contributed by atoms with Gasteiger partial charge in [0, 0.05) is 10.5 Å². The lowest BCUT2D eigenvalue weighted by Gasteiger charge is -2.18. The molecule has 0 fully saturated rings. The molecule has 17 heavy (non-hydrogen) atoms. The van der Waals surface area contributed by atoms with E-state index in [0.29, 0.717) is 6.04 Å². The number of hydrogen-bond acceptors (Lipinski definition) is 1. The second kappa shape index (κ2) is 7.83. The van der Waals surface area contributed by atoms with Crippen molar-refractivity contribution in [3.8, 4) is 0 Å². The van der Waals surface area contributed by atoms with Gasteiger partial charge in [0.25, 0.3) is 0 Å². The molecule has 1 aromatic rings. The van der Waals surface area contributed by atoms with Crippen LogP contribution in [0, 0.1) is 5.82 Å². The fourth-order valence-electron chi connectivity index (χ4n) is 1.97. The van der Waals surface area contributed by atoms with E-state index in [1.807, 2.05) is 6.07 Å². The number of halogens is 2. The molecule has 1 N–H and O–H groups in total. The van der Waals surface area contributed by atoms with E-state index in [9.17, 15) is 4.39 Å². The van der Waals surface area contributed by atoms with E-state index in [1.165, 1.54) is 37.0 Å². The summed E-state index contributed by atoms with van der Waals surface area (Å²) in [6, 6.07) is 5.43. The highest BCUT2D eigenvalue weighted by Crippen LogP contribution is 2.20. The molecular formula is C14H21BrFN. The second-order valence-corrected chi connectivity index (χ2v) is 5.19. The highest BCUT2D eigenvalue weighted by atomic mass is 79.9. The van der Waals surface area contributed by atoms with Crippen LogP contribution in [-0.2, 0) is 6.42 Å². The highest BCUT2D eigenvalue weighted by molar-refractivity contribution is 9.10. The summed E-state index contributed by atoms with van der Waals surface area (Å²) < 4.78 is 13.9. The Kier molecular flexibility index (Phi) is 6.75. The van der Waals surface area contributed by atoms with Gasteiger partial charge in [0.2, 0.25) is 0 Å².